The first-order valence-corrected chi connectivity index (χ1v) is 6.04. The maximum Gasteiger partial charge on any atom is 0.224 e. The third kappa shape index (κ3) is 4.19. The Morgan fingerprint density at radius 1 is 1.29 bits per heavy atom. The highest BCUT2D eigenvalue weighted by Crippen LogP contribution is 2.14. The number of nitrogens with zero attached hydrogens (tertiary/aromatic N) is 3. The summed E-state index contributed by atoms with van der Waals surface area (Å²) < 4.78 is 4.99. The predicted molar refractivity (Wildman–Crippen MR) is 70.7 cm³/mol. The molecule has 1 aromatic rings. The lowest BCUT2D eigenvalue weighted by molar-refractivity contribution is 0.210. The Balaban J connectivity index is 2.78. The van der Waals surface area contributed by atoms with E-state index in [0.29, 0.717) is 12.6 Å². The monoisotopic (exact) mass is 238 g/mol. The van der Waals surface area contributed by atoms with Crippen molar-refractivity contribution in [1.82, 2.24) is 9.97 Å². The lowest BCUT2D eigenvalue weighted by Crippen LogP contribution is -2.24. The van der Waals surface area contributed by atoms with Gasteiger partial charge in [0.15, 0.2) is 0 Å². The summed E-state index contributed by atoms with van der Waals surface area (Å²) in [6, 6.07) is 2.01. The smallest absolute Gasteiger partial charge is 0.224 e. The van der Waals surface area contributed by atoms with Crippen molar-refractivity contribution < 1.29 is 4.74 Å². The van der Waals surface area contributed by atoms with E-state index in [4.69, 9.17) is 4.74 Å². The number of rotatable bonds is 7. The molecule has 1 heterocycles. The molecule has 0 spiro atoms. The van der Waals surface area contributed by atoms with Crippen LogP contribution in [0.1, 0.15) is 19.5 Å². The van der Waals surface area contributed by atoms with E-state index in [1.165, 1.54) is 0 Å². The SMILES string of the molecule is CCN(CC)c1cc(C)nc(NCCOC)n1. The van der Waals surface area contributed by atoms with Gasteiger partial charge in [-0.05, 0) is 20.8 Å². The molecule has 5 heteroatoms. The quantitative estimate of drug-likeness (QED) is 0.733. The Labute approximate surface area is 103 Å². The lowest BCUT2D eigenvalue weighted by Gasteiger charge is -2.20. The largest absolute Gasteiger partial charge is 0.383 e. The zero-order valence-electron chi connectivity index (χ0n) is 11.2. The van der Waals surface area contributed by atoms with Crippen molar-refractivity contribution in [2.75, 3.05) is 43.6 Å². The van der Waals surface area contributed by atoms with Crippen LogP contribution in [0, 0.1) is 6.92 Å². The fraction of sp³-hybridized carbons (Fsp3) is 0.667. The first kappa shape index (κ1) is 13.7. The molecule has 0 aromatic carbocycles. The van der Waals surface area contributed by atoms with Gasteiger partial charge in [0.05, 0.1) is 6.61 Å². The minimum Gasteiger partial charge on any atom is -0.383 e. The summed E-state index contributed by atoms with van der Waals surface area (Å²) in [5.41, 5.74) is 0.974. The van der Waals surface area contributed by atoms with Crippen molar-refractivity contribution in [3.8, 4) is 0 Å². The van der Waals surface area contributed by atoms with E-state index in [-0.39, 0.29) is 0 Å². The highest BCUT2D eigenvalue weighted by molar-refractivity contribution is 5.44. The van der Waals surface area contributed by atoms with Crippen LogP contribution in [0.5, 0.6) is 0 Å². The van der Waals surface area contributed by atoms with E-state index in [9.17, 15) is 0 Å². The molecule has 17 heavy (non-hydrogen) atoms. The van der Waals surface area contributed by atoms with Crippen LogP contribution < -0.4 is 10.2 Å². The molecule has 0 aliphatic carbocycles. The van der Waals surface area contributed by atoms with E-state index in [0.717, 1.165) is 31.1 Å². The number of ether oxygens (including phenoxy) is 1. The number of hydrogen-bond acceptors (Lipinski definition) is 5. The van der Waals surface area contributed by atoms with Crippen molar-refractivity contribution in [2.45, 2.75) is 20.8 Å². The fourth-order valence-corrected chi connectivity index (χ4v) is 1.61. The van der Waals surface area contributed by atoms with Gasteiger partial charge in [0.1, 0.15) is 5.82 Å². The molecule has 0 unspecified atom stereocenters. The normalized spacial score (nSPS) is 10.4. The summed E-state index contributed by atoms with van der Waals surface area (Å²) in [6.45, 7) is 9.50. The third-order valence-corrected chi connectivity index (χ3v) is 2.52. The molecule has 0 aliphatic heterocycles. The van der Waals surface area contributed by atoms with Crippen LogP contribution >= 0.6 is 0 Å². The average Bonchev–Trinajstić information content (AvgIpc) is 2.30. The first-order chi connectivity index (χ1) is 8.21. The Morgan fingerprint density at radius 3 is 2.59 bits per heavy atom. The van der Waals surface area contributed by atoms with E-state index in [2.05, 4.69) is 34.0 Å². The standard InChI is InChI=1S/C12H22N4O/c1-5-16(6-2)11-9-10(3)14-12(15-11)13-7-8-17-4/h9H,5-8H2,1-4H3,(H,13,14,15). The molecule has 96 valence electrons. The van der Waals surface area contributed by atoms with E-state index in [1.807, 2.05) is 13.0 Å². The molecule has 0 atom stereocenters. The molecular formula is C12H22N4O. The van der Waals surface area contributed by atoms with Crippen LogP contribution in [0.2, 0.25) is 0 Å². The molecule has 1 N–H and O–H groups in total. The second kappa shape index (κ2) is 7.06. The number of nitrogens with one attached hydrogen (secondary N) is 1. The number of aromatic nitrogens is 2. The Bertz CT molecular complexity index is 339. The number of hydrogen-bond donors (Lipinski definition) is 1. The number of aryl methyl sites for hydroxylation is 1. The molecule has 1 rings (SSSR count). The van der Waals surface area contributed by atoms with E-state index in [1.54, 1.807) is 7.11 Å². The van der Waals surface area contributed by atoms with Gasteiger partial charge in [-0.2, -0.15) is 4.98 Å². The highest BCUT2D eigenvalue weighted by atomic mass is 16.5. The zero-order chi connectivity index (χ0) is 12.7. The minimum absolute atomic E-state index is 0.651. The topological polar surface area (TPSA) is 50.3 Å². The highest BCUT2D eigenvalue weighted by Gasteiger charge is 2.06. The van der Waals surface area contributed by atoms with Crippen LogP contribution in [0.15, 0.2) is 6.07 Å². The summed E-state index contributed by atoms with van der Waals surface area (Å²) in [5, 5.41) is 3.16. The molecule has 0 fully saturated rings. The molecule has 0 saturated heterocycles. The van der Waals surface area contributed by atoms with Crippen LogP contribution in [0.25, 0.3) is 0 Å². The van der Waals surface area contributed by atoms with Gasteiger partial charge in [-0.15, -0.1) is 0 Å². The second-order valence-corrected chi connectivity index (χ2v) is 3.78. The molecular weight excluding hydrogens is 216 g/mol. The van der Waals surface area contributed by atoms with Crippen LogP contribution in [0.4, 0.5) is 11.8 Å². The lowest BCUT2D eigenvalue weighted by atomic mass is 10.4. The van der Waals surface area contributed by atoms with Crippen LogP contribution in [-0.2, 0) is 4.74 Å². The van der Waals surface area contributed by atoms with Crippen LogP contribution in [0.3, 0.4) is 0 Å². The number of anilines is 2. The molecule has 0 aliphatic rings. The molecule has 0 amide bonds. The van der Waals surface area contributed by atoms with E-state index < -0.39 is 0 Å². The maximum absolute atomic E-state index is 4.99. The maximum atomic E-state index is 4.99. The van der Waals surface area contributed by atoms with Gasteiger partial charge < -0.3 is 15.0 Å². The van der Waals surface area contributed by atoms with Crippen molar-refractivity contribution in [2.24, 2.45) is 0 Å². The molecule has 5 nitrogen and oxygen atoms in total. The van der Waals surface area contributed by atoms with Gasteiger partial charge in [0, 0.05) is 38.5 Å². The van der Waals surface area contributed by atoms with Crippen molar-refractivity contribution >= 4 is 11.8 Å². The minimum atomic E-state index is 0.651. The predicted octanol–water partition coefficient (Wildman–Crippen LogP) is 1.69. The van der Waals surface area contributed by atoms with Crippen molar-refractivity contribution in [1.29, 1.82) is 0 Å². The summed E-state index contributed by atoms with van der Waals surface area (Å²) in [5.74, 6) is 1.64. The summed E-state index contributed by atoms with van der Waals surface area (Å²) >= 11 is 0. The Hall–Kier alpha value is -1.36. The van der Waals surface area contributed by atoms with Gasteiger partial charge in [-0.3, -0.25) is 0 Å². The third-order valence-electron chi connectivity index (χ3n) is 2.52. The number of methoxy groups -OCH3 is 1. The first-order valence-electron chi connectivity index (χ1n) is 6.04. The van der Waals surface area contributed by atoms with Gasteiger partial charge in [0.2, 0.25) is 5.95 Å². The average molecular weight is 238 g/mol. The van der Waals surface area contributed by atoms with Gasteiger partial charge in [0.25, 0.3) is 0 Å². The molecule has 1 aromatic heterocycles. The second-order valence-electron chi connectivity index (χ2n) is 3.78. The fourth-order valence-electron chi connectivity index (χ4n) is 1.61. The van der Waals surface area contributed by atoms with Gasteiger partial charge in [-0.1, -0.05) is 0 Å². The van der Waals surface area contributed by atoms with E-state index >= 15 is 0 Å². The molecule has 0 radical (unpaired) electrons. The van der Waals surface area contributed by atoms with Gasteiger partial charge >= 0.3 is 0 Å². The Kier molecular flexibility index (Phi) is 5.69. The molecule has 0 bridgehead atoms. The Morgan fingerprint density at radius 2 is 2.00 bits per heavy atom. The zero-order valence-corrected chi connectivity index (χ0v) is 11.2. The molecule has 0 saturated carbocycles. The van der Waals surface area contributed by atoms with Crippen LogP contribution in [-0.4, -0.2) is 43.3 Å². The summed E-state index contributed by atoms with van der Waals surface area (Å²) in [4.78, 5) is 11.1. The van der Waals surface area contributed by atoms with Gasteiger partial charge in [-0.25, -0.2) is 4.98 Å². The van der Waals surface area contributed by atoms with Crippen molar-refractivity contribution in [3.05, 3.63) is 11.8 Å². The summed E-state index contributed by atoms with van der Waals surface area (Å²) in [7, 11) is 1.68. The summed E-state index contributed by atoms with van der Waals surface area (Å²) in [6.07, 6.45) is 0. The van der Waals surface area contributed by atoms with Crippen molar-refractivity contribution in [3.63, 3.8) is 0 Å².